The molecular formula is C25H36Cl2N4O5. The molecular weight excluding hydrogens is 507 g/mol. The molecule has 200 valence electrons. The second-order valence-electron chi connectivity index (χ2n) is 9.43. The van der Waals surface area contributed by atoms with E-state index in [0.29, 0.717) is 28.1 Å². The Morgan fingerprint density at radius 3 is 2.08 bits per heavy atom. The highest BCUT2D eigenvalue weighted by molar-refractivity contribution is 6.43. The van der Waals surface area contributed by atoms with Gasteiger partial charge in [0.2, 0.25) is 5.91 Å². The van der Waals surface area contributed by atoms with Crippen LogP contribution in [0, 0.1) is 5.92 Å². The number of carboxylic acid groups (broad SMARTS) is 2. The van der Waals surface area contributed by atoms with Crippen LogP contribution in [-0.2, 0) is 14.4 Å². The van der Waals surface area contributed by atoms with Crippen molar-refractivity contribution in [3.63, 3.8) is 0 Å². The lowest BCUT2D eigenvalue weighted by Gasteiger charge is -2.43. The molecule has 1 aromatic rings. The second kappa shape index (κ2) is 13.8. The quantitative estimate of drug-likeness (QED) is 0.427. The van der Waals surface area contributed by atoms with E-state index < -0.39 is 17.5 Å². The minimum atomic E-state index is -1.26. The van der Waals surface area contributed by atoms with Crippen LogP contribution in [0.5, 0.6) is 0 Å². The number of carbonyl (C=O) groups excluding carboxylic acids is 1. The Morgan fingerprint density at radius 1 is 1.06 bits per heavy atom. The fraction of sp³-hybridized carbons (Fsp3) is 0.560. The number of nitrogens with zero attached hydrogens (tertiary/aromatic N) is 3. The molecule has 2 fully saturated rings. The van der Waals surface area contributed by atoms with Crippen LogP contribution >= 0.6 is 23.2 Å². The molecule has 1 saturated carbocycles. The molecule has 1 saturated heterocycles. The van der Waals surface area contributed by atoms with Gasteiger partial charge >= 0.3 is 11.9 Å². The number of hydrogen-bond acceptors (Lipinski definition) is 6. The summed E-state index contributed by atoms with van der Waals surface area (Å²) in [6, 6.07) is 5.83. The molecule has 0 spiro atoms. The third-order valence-corrected chi connectivity index (χ3v) is 7.92. The Balaban J connectivity index is 0.000000493. The summed E-state index contributed by atoms with van der Waals surface area (Å²) < 4.78 is 0. The minimum absolute atomic E-state index is 0.174. The molecule has 0 unspecified atom stereocenters. The first-order valence-corrected chi connectivity index (χ1v) is 12.7. The van der Waals surface area contributed by atoms with Crippen LogP contribution in [0.2, 0.25) is 10.0 Å². The molecule has 4 N–H and O–H groups in total. The van der Waals surface area contributed by atoms with Crippen molar-refractivity contribution in [1.82, 2.24) is 9.80 Å². The lowest BCUT2D eigenvalue weighted by atomic mass is 9.74. The maximum atomic E-state index is 12.0. The van der Waals surface area contributed by atoms with Gasteiger partial charge in [-0.15, -0.1) is 0 Å². The number of likely N-dealkylation sites (N-methyl/N-ethyl adjacent to an activating group) is 1. The van der Waals surface area contributed by atoms with Gasteiger partial charge in [-0.2, -0.15) is 0 Å². The number of hydrogen-bond donors (Lipinski definition) is 3. The van der Waals surface area contributed by atoms with Crippen LogP contribution in [0.1, 0.15) is 32.1 Å². The maximum absolute atomic E-state index is 12.0. The van der Waals surface area contributed by atoms with Crippen molar-refractivity contribution in [2.45, 2.75) is 37.6 Å². The van der Waals surface area contributed by atoms with Gasteiger partial charge in [0.15, 0.2) is 0 Å². The smallest absolute Gasteiger partial charge is 0.328 e. The van der Waals surface area contributed by atoms with E-state index in [2.05, 4.69) is 9.80 Å². The summed E-state index contributed by atoms with van der Waals surface area (Å²) in [6.07, 6.45) is 6.23. The average molecular weight is 543 g/mol. The number of halogens is 2. The lowest BCUT2D eigenvalue weighted by molar-refractivity contribution is -0.134. The lowest BCUT2D eigenvalue weighted by Crippen LogP contribution is -2.56. The number of benzene rings is 1. The van der Waals surface area contributed by atoms with Crippen molar-refractivity contribution >= 4 is 46.7 Å². The number of carboxylic acids is 2. The first-order chi connectivity index (χ1) is 17.0. The van der Waals surface area contributed by atoms with Crippen LogP contribution in [0.15, 0.2) is 30.4 Å². The van der Waals surface area contributed by atoms with Crippen LogP contribution in [-0.4, -0.2) is 90.2 Å². The molecule has 1 aliphatic heterocycles. The molecule has 1 amide bonds. The van der Waals surface area contributed by atoms with E-state index in [1.165, 1.54) is 6.42 Å². The van der Waals surface area contributed by atoms with Gasteiger partial charge in [0, 0.05) is 38.3 Å². The summed E-state index contributed by atoms with van der Waals surface area (Å²) in [5.41, 5.74) is 6.30. The fourth-order valence-electron chi connectivity index (χ4n) is 4.81. The number of anilines is 1. The van der Waals surface area contributed by atoms with Gasteiger partial charge in [-0.05, 0) is 70.8 Å². The van der Waals surface area contributed by atoms with Crippen molar-refractivity contribution in [2.24, 2.45) is 11.7 Å². The third-order valence-electron chi connectivity index (χ3n) is 7.11. The van der Waals surface area contributed by atoms with E-state index in [4.69, 9.17) is 39.1 Å². The van der Waals surface area contributed by atoms with E-state index in [-0.39, 0.29) is 5.91 Å². The van der Waals surface area contributed by atoms with Crippen molar-refractivity contribution < 1.29 is 24.6 Å². The zero-order valence-electron chi connectivity index (χ0n) is 20.8. The molecule has 0 atom stereocenters. The molecule has 0 aromatic heterocycles. The Hall–Kier alpha value is -2.33. The van der Waals surface area contributed by atoms with E-state index in [0.717, 1.165) is 64.1 Å². The summed E-state index contributed by atoms with van der Waals surface area (Å²) in [7, 11) is 3.94. The van der Waals surface area contributed by atoms with Gasteiger partial charge in [-0.1, -0.05) is 29.3 Å². The molecule has 9 nitrogen and oxygen atoms in total. The van der Waals surface area contributed by atoms with E-state index in [9.17, 15) is 14.4 Å². The summed E-state index contributed by atoms with van der Waals surface area (Å²) in [6.45, 7) is 5.14. The standard InChI is InChI=1S/C21H32Cl2N4O.C4H4O4/c1-25(2)21(20(24)28)9-6-16(7-10-21)8-11-26-12-14-27(15-13-26)18-5-3-4-17(22)19(18)23;5-3(6)1-2-4(7)8/h3-5,16H,6-15H2,1-2H3,(H2,24,28);1-2H,(H,5,6)(H,7,8)/b;2-1-. The summed E-state index contributed by atoms with van der Waals surface area (Å²) in [5, 5.41) is 16.9. The maximum Gasteiger partial charge on any atom is 0.328 e. The largest absolute Gasteiger partial charge is 0.478 e. The molecule has 11 heteroatoms. The van der Waals surface area contributed by atoms with Gasteiger partial charge in [0.05, 0.1) is 21.3 Å². The molecule has 0 bridgehead atoms. The molecule has 1 heterocycles. The van der Waals surface area contributed by atoms with Crippen LogP contribution in [0.4, 0.5) is 5.69 Å². The normalized spacial score (nSPS) is 22.8. The number of piperazine rings is 1. The highest BCUT2D eigenvalue weighted by Gasteiger charge is 2.42. The third kappa shape index (κ3) is 8.37. The van der Waals surface area contributed by atoms with Crippen LogP contribution in [0.3, 0.4) is 0 Å². The van der Waals surface area contributed by atoms with Crippen molar-refractivity contribution in [2.75, 3.05) is 51.7 Å². The molecule has 1 aliphatic carbocycles. The molecule has 2 aliphatic rings. The minimum Gasteiger partial charge on any atom is -0.478 e. The molecule has 36 heavy (non-hydrogen) atoms. The number of amides is 1. The zero-order valence-corrected chi connectivity index (χ0v) is 22.3. The highest BCUT2D eigenvalue weighted by Crippen LogP contribution is 2.37. The average Bonchev–Trinajstić information content (AvgIpc) is 2.84. The number of primary amides is 1. The first-order valence-electron chi connectivity index (χ1n) is 12.0. The summed E-state index contributed by atoms with van der Waals surface area (Å²) in [5.74, 6) is -2.00. The Kier molecular flexibility index (Phi) is 11.5. The van der Waals surface area contributed by atoms with Crippen molar-refractivity contribution in [3.8, 4) is 0 Å². The molecule has 0 radical (unpaired) electrons. The Bertz CT molecular complexity index is 924. The highest BCUT2D eigenvalue weighted by atomic mass is 35.5. The van der Waals surface area contributed by atoms with E-state index in [1.54, 1.807) is 0 Å². The monoisotopic (exact) mass is 542 g/mol. The zero-order chi connectivity index (χ0) is 26.9. The molecule has 1 aromatic carbocycles. The number of nitrogens with two attached hydrogens (primary N) is 1. The van der Waals surface area contributed by atoms with Crippen molar-refractivity contribution in [3.05, 3.63) is 40.4 Å². The van der Waals surface area contributed by atoms with Gasteiger partial charge in [0.1, 0.15) is 0 Å². The van der Waals surface area contributed by atoms with Gasteiger partial charge in [0.25, 0.3) is 0 Å². The predicted molar refractivity (Wildman–Crippen MR) is 142 cm³/mol. The summed E-state index contributed by atoms with van der Waals surface area (Å²) >= 11 is 12.5. The first kappa shape index (κ1) is 29.9. The van der Waals surface area contributed by atoms with E-state index >= 15 is 0 Å². The predicted octanol–water partition coefficient (Wildman–Crippen LogP) is 3.19. The van der Waals surface area contributed by atoms with Crippen LogP contribution in [0.25, 0.3) is 0 Å². The van der Waals surface area contributed by atoms with E-state index in [1.807, 2.05) is 37.2 Å². The second-order valence-corrected chi connectivity index (χ2v) is 10.2. The number of aliphatic carboxylic acids is 2. The Morgan fingerprint density at radius 2 is 1.61 bits per heavy atom. The SMILES string of the molecule is CN(C)C1(C(N)=O)CCC(CCN2CCN(c3cccc(Cl)c3Cl)CC2)CC1.O=C(O)/C=C\C(=O)O. The van der Waals surface area contributed by atoms with Gasteiger partial charge < -0.3 is 20.8 Å². The molecule has 3 rings (SSSR count). The van der Waals surface area contributed by atoms with Crippen molar-refractivity contribution in [1.29, 1.82) is 0 Å². The number of carbonyl (C=O) groups is 3. The number of rotatable bonds is 8. The fourth-order valence-corrected chi connectivity index (χ4v) is 5.23. The van der Waals surface area contributed by atoms with Crippen LogP contribution < -0.4 is 10.6 Å². The van der Waals surface area contributed by atoms with Gasteiger partial charge in [-0.25, -0.2) is 9.59 Å². The topological polar surface area (TPSA) is 127 Å². The summed E-state index contributed by atoms with van der Waals surface area (Å²) in [4.78, 5) is 38.0. The Labute approximate surface area is 222 Å². The van der Waals surface area contributed by atoms with Gasteiger partial charge in [-0.3, -0.25) is 14.6 Å².